The minimum atomic E-state index is -0.330. The number of rotatable bonds is 2. The first kappa shape index (κ1) is 17.0. The molecule has 3 heterocycles. The van der Waals surface area contributed by atoms with Crippen LogP contribution in [0.25, 0.3) is 0 Å². The third kappa shape index (κ3) is 2.85. The van der Waals surface area contributed by atoms with Crippen molar-refractivity contribution in [2.24, 2.45) is 0 Å². The van der Waals surface area contributed by atoms with Crippen LogP contribution in [-0.4, -0.2) is 34.0 Å². The fourth-order valence-corrected chi connectivity index (χ4v) is 4.18. The van der Waals surface area contributed by atoms with Crippen LogP contribution >= 0.6 is 0 Å². The number of nitrogens with zero attached hydrogens (tertiary/aromatic N) is 3. The summed E-state index contributed by atoms with van der Waals surface area (Å²) in [6.45, 7) is 3.20. The molecule has 0 atom stereocenters. The van der Waals surface area contributed by atoms with Crippen LogP contribution in [0, 0.1) is 6.92 Å². The molecule has 6 nitrogen and oxygen atoms in total. The number of carbonyl (C=O) groups is 1. The molecule has 142 valence electrons. The normalized spacial score (nSPS) is 17.0. The summed E-state index contributed by atoms with van der Waals surface area (Å²) in [6, 6.07) is 15.6. The van der Waals surface area contributed by atoms with Gasteiger partial charge in [0.05, 0.1) is 5.92 Å². The second-order valence-electron chi connectivity index (χ2n) is 7.39. The zero-order valence-electron chi connectivity index (χ0n) is 15.7. The van der Waals surface area contributed by atoms with E-state index in [0.29, 0.717) is 24.8 Å². The predicted octanol–water partition coefficient (Wildman–Crippen LogP) is 4.02. The fourth-order valence-electron chi connectivity index (χ4n) is 4.18. The van der Waals surface area contributed by atoms with Gasteiger partial charge in [-0.1, -0.05) is 41.6 Å². The number of para-hydroxylation sites is 2. The van der Waals surface area contributed by atoms with E-state index in [-0.39, 0.29) is 17.7 Å². The van der Waals surface area contributed by atoms with Gasteiger partial charge < -0.3 is 14.2 Å². The molecule has 2 aliphatic rings. The highest BCUT2D eigenvalue weighted by molar-refractivity contribution is 5.89. The monoisotopic (exact) mass is 375 g/mol. The highest BCUT2D eigenvalue weighted by atomic mass is 16.5. The van der Waals surface area contributed by atoms with E-state index in [9.17, 15) is 4.79 Å². The first-order valence-corrected chi connectivity index (χ1v) is 9.65. The van der Waals surface area contributed by atoms with Crippen molar-refractivity contribution < 1.29 is 14.1 Å². The van der Waals surface area contributed by atoms with Gasteiger partial charge in [-0.05, 0) is 31.9 Å². The molecule has 0 spiro atoms. The number of fused-ring (bicyclic) bond motifs is 2. The zero-order chi connectivity index (χ0) is 19.1. The van der Waals surface area contributed by atoms with Gasteiger partial charge in [-0.2, -0.15) is 4.98 Å². The summed E-state index contributed by atoms with van der Waals surface area (Å²) in [5, 5.41) is 3.89. The van der Waals surface area contributed by atoms with Gasteiger partial charge in [-0.15, -0.1) is 0 Å². The van der Waals surface area contributed by atoms with Crippen LogP contribution in [0.3, 0.4) is 0 Å². The smallest absolute Gasteiger partial charge is 0.234 e. The predicted molar refractivity (Wildman–Crippen MR) is 102 cm³/mol. The summed E-state index contributed by atoms with van der Waals surface area (Å²) in [5.74, 6) is 2.88. The van der Waals surface area contributed by atoms with Crippen molar-refractivity contribution >= 4 is 5.91 Å². The van der Waals surface area contributed by atoms with Crippen molar-refractivity contribution in [3.63, 3.8) is 0 Å². The topological polar surface area (TPSA) is 68.5 Å². The van der Waals surface area contributed by atoms with Crippen LogP contribution in [0.15, 0.2) is 53.1 Å². The maximum absolute atomic E-state index is 13.5. The second kappa shape index (κ2) is 6.78. The van der Waals surface area contributed by atoms with Gasteiger partial charge in [0.1, 0.15) is 11.5 Å². The maximum Gasteiger partial charge on any atom is 0.234 e. The van der Waals surface area contributed by atoms with Gasteiger partial charge in [-0.25, -0.2) is 0 Å². The molecule has 1 saturated heterocycles. The molecular weight excluding hydrogens is 354 g/mol. The zero-order valence-corrected chi connectivity index (χ0v) is 15.7. The molecule has 0 bridgehead atoms. The quantitative estimate of drug-likeness (QED) is 0.677. The van der Waals surface area contributed by atoms with Crippen LogP contribution in [0.2, 0.25) is 0 Å². The number of ether oxygens (including phenoxy) is 1. The molecule has 6 heteroatoms. The van der Waals surface area contributed by atoms with Gasteiger partial charge in [0, 0.05) is 30.1 Å². The maximum atomic E-state index is 13.5. The summed E-state index contributed by atoms with van der Waals surface area (Å²) in [7, 11) is 0. The van der Waals surface area contributed by atoms with Gasteiger partial charge in [0.15, 0.2) is 5.82 Å². The van der Waals surface area contributed by atoms with Crippen LogP contribution in [0.1, 0.15) is 47.5 Å². The van der Waals surface area contributed by atoms with E-state index in [1.807, 2.05) is 60.4 Å². The van der Waals surface area contributed by atoms with Crippen LogP contribution in [-0.2, 0) is 4.79 Å². The molecule has 0 unspecified atom stereocenters. The van der Waals surface area contributed by atoms with Crippen molar-refractivity contribution in [3.8, 4) is 11.5 Å². The van der Waals surface area contributed by atoms with E-state index in [0.717, 1.165) is 35.5 Å². The Morgan fingerprint density at radius 2 is 1.61 bits per heavy atom. The number of aromatic nitrogens is 2. The Bertz CT molecular complexity index is 976. The van der Waals surface area contributed by atoms with Crippen LogP contribution < -0.4 is 4.74 Å². The van der Waals surface area contributed by atoms with E-state index in [4.69, 9.17) is 9.26 Å². The van der Waals surface area contributed by atoms with Gasteiger partial charge in [0.25, 0.3) is 0 Å². The van der Waals surface area contributed by atoms with E-state index in [1.54, 1.807) is 0 Å². The average Bonchev–Trinajstić information content (AvgIpc) is 3.18. The highest BCUT2D eigenvalue weighted by Gasteiger charge is 2.37. The lowest BCUT2D eigenvalue weighted by atomic mass is 9.86. The molecule has 1 aromatic heterocycles. The molecule has 2 aromatic carbocycles. The Morgan fingerprint density at radius 3 is 2.18 bits per heavy atom. The molecule has 5 rings (SSSR count). The standard InChI is InChI=1S/C22H21N3O3/c1-14-23-21(28-24-14)15-10-12-25(13-11-15)22(26)20-16-6-2-4-8-18(16)27-19-9-5-3-7-17(19)20/h2-9,15,20H,10-13H2,1H3. The van der Waals surface area contributed by atoms with Crippen molar-refractivity contribution in [3.05, 3.63) is 71.4 Å². The van der Waals surface area contributed by atoms with Crippen molar-refractivity contribution in [2.75, 3.05) is 13.1 Å². The van der Waals surface area contributed by atoms with Crippen LogP contribution in [0.4, 0.5) is 0 Å². The Morgan fingerprint density at radius 1 is 1.00 bits per heavy atom. The highest BCUT2D eigenvalue weighted by Crippen LogP contribution is 2.45. The van der Waals surface area contributed by atoms with E-state index in [2.05, 4.69) is 10.1 Å². The van der Waals surface area contributed by atoms with Crippen LogP contribution in [0.5, 0.6) is 11.5 Å². The third-order valence-electron chi connectivity index (χ3n) is 5.63. The van der Waals surface area contributed by atoms with Gasteiger partial charge in [-0.3, -0.25) is 4.79 Å². The first-order valence-electron chi connectivity index (χ1n) is 9.65. The van der Waals surface area contributed by atoms with Gasteiger partial charge >= 0.3 is 0 Å². The molecule has 28 heavy (non-hydrogen) atoms. The number of benzene rings is 2. The molecule has 2 aliphatic heterocycles. The molecule has 0 saturated carbocycles. The molecule has 0 N–H and O–H groups in total. The summed E-state index contributed by atoms with van der Waals surface area (Å²) in [4.78, 5) is 19.9. The number of carbonyl (C=O) groups excluding carboxylic acids is 1. The summed E-state index contributed by atoms with van der Waals surface area (Å²) in [6.07, 6.45) is 1.67. The lowest BCUT2D eigenvalue weighted by molar-refractivity contribution is -0.133. The Labute approximate surface area is 163 Å². The van der Waals surface area contributed by atoms with E-state index >= 15 is 0 Å². The van der Waals surface area contributed by atoms with E-state index in [1.165, 1.54) is 0 Å². The minimum absolute atomic E-state index is 0.128. The number of aryl methyl sites for hydroxylation is 1. The molecule has 1 fully saturated rings. The number of hydrogen-bond acceptors (Lipinski definition) is 5. The van der Waals surface area contributed by atoms with Crippen molar-refractivity contribution in [2.45, 2.75) is 31.6 Å². The second-order valence-corrected chi connectivity index (χ2v) is 7.39. The largest absolute Gasteiger partial charge is 0.457 e. The Hall–Kier alpha value is -3.15. The lowest BCUT2D eigenvalue weighted by Crippen LogP contribution is -2.41. The van der Waals surface area contributed by atoms with Gasteiger partial charge in [0.2, 0.25) is 11.8 Å². The average molecular weight is 375 g/mol. The molecule has 0 radical (unpaired) electrons. The SMILES string of the molecule is Cc1noc(C2CCN(C(=O)C3c4ccccc4Oc4ccccc43)CC2)n1. The molecular formula is C22H21N3O3. The third-order valence-corrected chi connectivity index (χ3v) is 5.63. The van der Waals surface area contributed by atoms with Crippen molar-refractivity contribution in [1.82, 2.24) is 15.0 Å². The molecule has 0 aliphatic carbocycles. The van der Waals surface area contributed by atoms with E-state index < -0.39 is 0 Å². The Balaban J connectivity index is 1.40. The summed E-state index contributed by atoms with van der Waals surface area (Å²) in [5.41, 5.74) is 1.86. The first-order chi connectivity index (χ1) is 13.7. The lowest BCUT2D eigenvalue weighted by Gasteiger charge is -2.35. The van der Waals surface area contributed by atoms with Crippen molar-refractivity contribution in [1.29, 1.82) is 0 Å². The molecule has 3 aromatic rings. The minimum Gasteiger partial charge on any atom is -0.457 e. The number of likely N-dealkylation sites (tertiary alicyclic amines) is 1. The molecule has 1 amide bonds. The number of amides is 1. The number of hydrogen-bond donors (Lipinski definition) is 0. The fraction of sp³-hybridized carbons (Fsp3) is 0.318. The summed E-state index contributed by atoms with van der Waals surface area (Å²) >= 11 is 0. The summed E-state index contributed by atoms with van der Waals surface area (Å²) < 4.78 is 11.4. The number of piperidine rings is 1. The Kier molecular flexibility index (Phi) is 4.11.